The van der Waals surface area contributed by atoms with Crippen molar-refractivity contribution in [3.05, 3.63) is 52.8 Å². The molecule has 6 nitrogen and oxygen atoms in total. The number of anilines is 1. The van der Waals surface area contributed by atoms with Crippen molar-refractivity contribution in [3.63, 3.8) is 0 Å². The number of benzene rings is 2. The topological polar surface area (TPSA) is 76.1 Å². The smallest absolute Gasteiger partial charge is 0.265 e. The Morgan fingerprint density at radius 2 is 1.97 bits per heavy atom. The summed E-state index contributed by atoms with van der Waals surface area (Å²) in [6.07, 6.45) is 9.02. The molecule has 1 atom stereocenters. The number of aliphatic hydroxyl groups is 1. The monoisotopic (exact) mass is 487 g/mol. The Bertz CT molecular complexity index is 1180. The van der Waals surface area contributed by atoms with E-state index in [1.807, 2.05) is 6.92 Å². The van der Waals surface area contributed by atoms with Crippen LogP contribution in [-0.2, 0) is 34.2 Å². The lowest BCUT2D eigenvalue weighted by atomic mass is 9.95. The highest BCUT2D eigenvalue weighted by Gasteiger charge is 2.36. The van der Waals surface area contributed by atoms with Gasteiger partial charge in [0.2, 0.25) is 0 Å². The van der Waals surface area contributed by atoms with Crippen LogP contribution in [-0.4, -0.2) is 39.4 Å². The first-order chi connectivity index (χ1) is 16.4. The van der Waals surface area contributed by atoms with E-state index in [2.05, 4.69) is 5.92 Å². The predicted molar refractivity (Wildman–Crippen MR) is 128 cm³/mol. The number of rotatable bonds is 7. The molecule has 4 rings (SSSR count). The third-order valence-electron chi connectivity index (χ3n) is 6.60. The number of aliphatic hydroxyl groups excluding tert-OH is 1. The van der Waals surface area contributed by atoms with Gasteiger partial charge in [0.1, 0.15) is 17.6 Å². The minimum absolute atomic E-state index is 0.0250. The zero-order valence-corrected chi connectivity index (χ0v) is 20.1. The van der Waals surface area contributed by atoms with Gasteiger partial charge in [0, 0.05) is 18.8 Å². The van der Waals surface area contributed by atoms with E-state index in [-0.39, 0.29) is 17.2 Å². The molecular formula is C26H30FNO5S. The molecule has 0 amide bonds. The Hall–Kier alpha value is -2.60. The van der Waals surface area contributed by atoms with Gasteiger partial charge in [-0.25, -0.2) is 12.8 Å². The van der Waals surface area contributed by atoms with Crippen LogP contribution in [0.5, 0.6) is 5.75 Å². The van der Waals surface area contributed by atoms with E-state index in [9.17, 15) is 17.9 Å². The van der Waals surface area contributed by atoms with Gasteiger partial charge in [-0.05, 0) is 73.4 Å². The lowest BCUT2D eigenvalue weighted by Crippen LogP contribution is -2.43. The predicted octanol–water partition coefficient (Wildman–Crippen LogP) is 3.83. The van der Waals surface area contributed by atoms with Gasteiger partial charge in [0.15, 0.2) is 0 Å². The van der Waals surface area contributed by atoms with Crippen LogP contribution in [0.3, 0.4) is 0 Å². The lowest BCUT2D eigenvalue weighted by Gasteiger charge is -2.35. The first kappa shape index (κ1) is 24.5. The van der Waals surface area contributed by atoms with Gasteiger partial charge in [-0.1, -0.05) is 18.9 Å². The second-order valence-corrected chi connectivity index (χ2v) is 10.6. The molecule has 0 spiro atoms. The number of fused-ring (bicyclic) bond motifs is 1. The number of aryl methyl sites for hydroxylation is 2. The van der Waals surface area contributed by atoms with E-state index in [1.165, 1.54) is 18.2 Å². The van der Waals surface area contributed by atoms with E-state index in [0.717, 1.165) is 22.7 Å². The number of hydrogen-bond donors (Lipinski definition) is 1. The van der Waals surface area contributed by atoms with Crippen LogP contribution in [0.4, 0.5) is 10.1 Å². The summed E-state index contributed by atoms with van der Waals surface area (Å²) in [7, 11) is -4.12. The average molecular weight is 488 g/mol. The quantitative estimate of drug-likeness (QED) is 0.601. The van der Waals surface area contributed by atoms with Crippen molar-refractivity contribution in [2.75, 3.05) is 24.1 Å². The van der Waals surface area contributed by atoms with E-state index >= 15 is 0 Å². The average Bonchev–Trinajstić information content (AvgIpc) is 2.86. The molecular weight excluding hydrogens is 457 g/mol. The fourth-order valence-corrected chi connectivity index (χ4v) is 6.26. The molecule has 0 aliphatic carbocycles. The second-order valence-electron chi connectivity index (χ2n) is 8.74. The summed E-state index contributed by atoms with van der Waals surface area (Å²) in [6, 6.07) is 6.69. The van der Waals surface area contributed by atoms with Gasteiger partial charge >= 0.3 is 0 Å². The first-order valence-electron chi connectivity index (χ1n) is 11.6. The van der Waals surface area contributed by atoms with E-state index in [4.69, 9.17) is 15.9 Å². The Labute approximate surface area is 200 Å². The van der Waals surface area contributed by atoms with E-state index in [1.54, 1.807) is 12.1 Å². The normalized spacial score (nSPS) is 18.9. The number of ether oxygens (including phenoxy) is 2. The number of halogens is 1. The molecule has 2 aliphatic rings. The zero-order valence-electron chi connectivity index (χ0n) is 19.3. The molecule has 2 aromatic carbocycles. The van der Waals surface area contributed by atoms with Crippen molar-refractivity contribution in [2.24, 2.45) is 5.92 Å². The van der Waals surface area contributed by atoms with Gasteiger partial charge in [-0.3, -0.25) is 4.31 Å². The largest absolute Gasteiger partial charge is 0.493 e. The fraction of sp³-hybridized carbons (Fsp3) is 0.462. The summed E-state index contributed by atoms with van der Waals surface area (Å²) >= 11 is 0. The third kappa shape index (κ3) is 4.78. The Morgan fingerprint density at radius 1 is 1.21 bits per heavy atom. The van der Waals surface area contributed by atoms with Crippen molar-refractivity contribution in [3.8, 4) is 18.1 Å². The fourth-order valence-electron chi connectivity index (χ4n) is 4.58. The number of hydrogen-bond acceptors (Lipinski definition) is 5. The van der Waals surface area contributed by atoms with Gasteiger partial charge in [0.25, 0.3) is 10.0 Å². The van der Waals surface area contributed by atoms with Crippen molar-refractivity contribution in [1.29, 1.82) is 0 Å². The summed E-state index contributed by atoms with van der Waals surface area (Å²) in [5.41, 5.74) is 1.94. The highest BCUT2D eigenvalue weighted by molar-refractivity contribution is 7.92. The molecule has 182 valence electrons. The van der Waals surface area contributed by atoms with Crippen LogP contribution in [0.15, 0.2) is 35.2 Å². The van der Waals surface area contributed by atoms with Gasteiger partial charge in [-0.2, -0.15) is 0 Å². The zero-order chi connectivity index (χ0) is 24.3. The molecule has 1 fully saturated rings. The SMILES string of the molecule is C#C[C@H]1CCc2cc(CC)c(F)cc2N1S(=O)(=O)c1ccc(OCC2CCOCC2)c(CO)c1. The van der Waals surface area contributed by atoms with Crippen LogP contribution >= 0.6 is 0 Å². The van der Waals surface area contributed by atoms with E-state index < -0.39 is 21.9 Å². The minimum atomic E-state index is -4.12. The molecule has 0 unspecified atom stereocenters. The summed E-state index contributed by atoms with van der Waals surface area (Å²) in [5.74, 6) is 2.90. The van der Waals surface area contributed by atoms with Crippen LogP contribution in [0.25, 0.3) is 0 Å². The molecule has 8 heteroatoms. The Morgan fingerprint density at radius 3 is 2.65 bits per heavy atom. The molecule has 2 aliphatic heterocycles. The Balaban J connectivity index is 1.67. The minimum Gasteiger partial charge on any atom is -0.493 e. The lowest BCUT2D eigenvalue weighted by molar-refractivity contribution is 0.0494. The molecule has 2 heterocycles. The summed E-state index contributed by atoms with van der Waals surface area (Å²) in [6.45, 7) is 3.35. The van der Waals surface area contributed by atoms with E-state index in [0.29, 0.717) is 61.9 Å². The molecule has 0 radical (unpaired) electrons. The van der Waals surface area contributed by atoms with Crippen molar-refractivity contribution in [2.45, 2.75) is 56.6 Å². The maximum Gasteiger partial charge on any atom is 0.265 e. The molecule has 0 saturated carbocycles. The van der Waals surface area contributed by atoms with Gasteiger partial charge in [0.05, 0.1) is 23.8 Å². The maximum atomic E-state index is 14.7. The van der Waals surface area contributed by atoms with Crippen molar-refractivity contribution < 1.29 is 27.4 Å². The molecule has 1 saturated heterocycles. The van der Waals surface area contributed by atoms with Crippen LogP contribution < -0.4 is 9.04 Å². The third-order valence-corrected chi connectivity index (χ3v) is 8.42. The molecule has 1 N–H and O–H groups in total. The Kier molecular flexibility index (Phi) is 7.46. The maximum absolute atomic E-state index is 14.7. The van der Waals surface area contributed by atoms with Gasteiger partial charge in [-0.15, -0.1) is 6.42 Å². The van der Waals surface area contributed by atoms with Crippen LogP contribution in [0, 0.1) is 24.1 Å². The second kappa shape index (κ2) is 10.3. The number of sulfonamides is 1. The van der Waals surface area contributed by atoms with Crippen molar-refractivity contribution >= 4 is 15.7 Å². The summed E-state index contributed by atoms with van der Waals surface area (Å²) < 4.78 is 54.6. The summed E-state index contributed by atoms with van der Waals surface area (Å²) in [4.78, 5) is -0.0250. The first-order valence-corrected chi connectivity index (χ1v) is 13.1. The van der Waals surface area contributed by atoms with Gasteiger partial charge < -0.3 is 14.6 Å². The molecule has 34 heavy (non-hydrogen) atoms. The summed E-state index contributed by atoms with van der Waals surface area (Å²) in [5, 5.41) is 9.92. The van der Waals surface area contributed by atoms with Crippen molar-refractivity contribution in [1.82, 2.24) is 0 Å². The molecule has 2 aromatic rings. The number of terminal acetylenes is 1. The highest BCUT2D eigenvalue weighted by atomic mass is 32.2. The number of nitrogens with zero attached hydrogens (tertiary/aromatic N) is 1. The molecule has 0 bridgehead atoms. The van der Waals surface area contributed by atoms with Crippen LogP contribution in [0.1, 0.15) is 42.9 Å². The van der Waals surface area contributed by atoms with Crippen LogP contribution in [0.2, 0.25) is 0 Å². The molecule has 0 aromatic heterocycles. The standard InChI is InChI=1S/C26H30FNO5S/c1-3-19-13-20-5-6-22(4-2)28(25(20)15-24(19)27)34(30,31)23-7-8-26(21(14-23)16-29)33-17-18-9-11-32-12-10-18/h2,7-8,13-15,18,22,29H,3,5-6,9-12,16-17H2,1H3/t22-/m0/s1. The highest BCUT2D eigenvalue weighted by Crippen LogP contribution is 2.38.